The number of ether oxygens (including phenoxy) is 1. The fourth-order valence-electron chi connectivity index (χ4n) is 3.47. The predicted molar refractivity (Wildman–Crippen MR) is 77.1 cm³/mol. The molecule has 2 aliphatic heterocycles. The Kier molecular flexibility index (Phi) is 4.52. The van der Waals surface area contributed by atoms with Crippen molar-refractivity contribution in [1.82, 2.24) is 10.2 Å². The number of fused-ring (bicyclic) bond motifs is 1. The molecule has 3 atom stereocenters. The molecule has 1 N–H and O–H groups in total. The van der Waals surface area contributed by atoms with E-state index in [2.05, 4.69) is 10.2 Å². The second kappa shape index (κ2) is 6.38. The molecule has 2 saturated heterocycles. The smallest absolute Gasteiger partial charge is 0.163 e. The summed E-state index contributed by atoms with van der Waals surface area (Å²) in [5.41, 5.74) is 0.361. The summed E-state index contributed by atoms with van der Waals surface area (Å²) >= 11 is 0. The van der Waals surface area contributed by atoms with Crippen molar-refractivity contribution in [1.29, 1.82) is 0 Å². The van der Waals surface area contributed by atoms with E-state index in [0.29, 0.717) is 24.8 Å². The van der Waals surface area contributed by atoms with Crippen molar-refractivity contribution in [3.8, 4) is 0 Å². The Morgan fingerprint density at radius 1 is 1.43 bits per heavy atom. The Hall–Kier alpha value is -1.04. The number of hydrogen-bond donors (Lipinski definition) is 1. The van der Waals surface area contributed by atoms with E-state index in [0.717, 1.165) is 19.2 Å². The average Bonchev–Trinajstić information content (AvgIpc) is 2.95. The van der Waals surface area contributed by atoms with Crippen LogP contribution in [-0.4, -0.2) is 43.3 Å². The fourth-order valence-corrected chi connectivity index (χ4v) is 3.47. The number of halogens is 2. The van der Waals surface area contributed by atoms with Gasteiger partial charge in [0.25, 0.3) is 0 Å². The molecule has 0 saturated carbocycles. The minimum absolute atomic E-state index is 0.143. The van der Waals surface area contributed by atoms with Gasteiger partial charge in [0.05, 0.1) is 18.8 Å². The summed E-state index contributed by atoms with van der Waals surface area (Å²) in [6.45, 7) is 5.19. The summed E-state index contributed by atoms with van der Waals surface area (Å²) in [6.07, 6.45) is 2.23. The molecule has 116 valence electrons. The van der Waals surface area contributed by atoms with Gasteiger partial charge in [-0.2, -0.15) is 0 Å². The van der Waals surface area contributed by atoms with Gasteiger partial charge < -0.3 is 10.1 Å². The lowest BCUT2D eigenvalue weighted by Crippen LogP contribution is -2.50. The van der Waals surface area contributed by atoms with E-state index in [1.165, 1.54) is 12.8 Å². The Bertz CT molecular complexity index is 497. The van der Waals surface area contributed by atoms with Gasteiger partial charge in [0.1, 0.15) is 0 Å². The van der Waals surface area contributed by atoms with Crippen molar-refractivity contribution >= 4 is 0 Å². The van der Waals surface area contributed by atoms with Crippen LogP contribution < -0.4 is 5.32 Å². The molecule has 0 radical (unpaired) electrons. The molecular formula is C16H22F2N2O. The molecule has 5 heteroatoms. The molecule has 0 bridgehead atoms. The first-order valence-corrected chi connectivity index (χ1v) is 7.73. The normalized spacial score (nSPS) is 27.6. The molecular weight excluding hydrogens is 274 g/mol. The van der Waals surface area contributed by atoms with E-state index in [1.807, 2.05) is 6.92 Å². The monoisotopic (exact) mass is 296 g/mol. The first-order valence-electron chi connectivity index (χ1n) is 7.73. The second-order valence-corrected chi connectivity index (χ2v) is 5.84. The first-order chi connectivity index (χ1) is 10.2. The van der Waals surface area contributed by atoms with Crippen LogP contribution in [0.1, 0.15) is 31.4 Å². The maximum atomic E-state index is 14.1. The Labute approximate surface area is 124 Å². The van der Waals surface area contributed by atoms with Crippen molar-refractivity contribution in [2.24, 2.45) is 0 Å². The predicted octanol–water partition coefficient (Wildman–Crippen LogP) is 2.48. The lowest BCUT2D eigenvalue weighted by atomic mass is 9.98. The van der Waals surface area contributed by atoms with Crippen LogP contribution in [0.25, 0.3) is 0 Å². The highest BCUT2D eigenvalue weighted by Gasteiger charge is 2.37. The molecule has 0 aliphatic carbocycles. The molecule has 1 aromatic rings. The van der Waals surface area contributed by atoms with Gasteiger partial charge in [0.2, 0.25) is 0 Å². The van der Waals surface area contributed by atoms with Gasteiger partial charge in [-0.05, 0) is 32.0 Å². The van der Waals surface area contributed by atoms with Crippen LogP contribution in [0.3, 0.4) is 0 Å². The highest BCUT2D eigenvalue weighted by molar-refractivity contribution is 5.24. The second-order valence-electron chi connectivity index (χ2n) is 5.84. The number of rotatable bonds is 4. The first kappa shape index (κ1) is 14.9. The van der Waals surface area contributed by atoms with Crippen molar-refractivity contribution in [3.63, 3.8) is 0 Å². The summed E-state index contributed by atoms with van der Waals surface area (Å²) < 4.78 is 33.6. The average molecular weight is 296 g/mol. The maximum absolute atomic E-state index is 14.1. The van der Waals surface area contributed by atoms with Crippen LogP contribution in [0.4, 0.5) is 8.78 Å². The zero-order valence-corrected chi connectivity index (χ0v) is 12.3. The molecule has 3 unspecified atom stereocenters. The third kappa shape index (κ3) is 2.96. The van der Waals surface area contributed by atoms with Gasteiger partial charge in [-0.15, -0.1) is 0 Å². The number of benzene rings is 1. The van der Waals surface area contributed by atoms with Crippen molar-refractivity contribution < 1.29 is 13.5 Å². The van der Waals surface area contributed by atoms with E-state index in [-0.39, 0.29) is 12.1 Å². The van der Waals surface area contributed by atoms with Crippen LogP contribution in [0.15, 0.2) is 18.2 Å². The zero-order chi connectivity index (χ0) is 14.8. The summed E-state index contributed by atoms with van der Waals surface area (Å²) in [5.74, 6) is -1.57. The molecule has 2 aliphatic rings. The number of nitrogens with zero attached hydrogens (tertiary/aromatic N) is 1. The van der Waals surface area contributed by atoms with Crippen LogP contribution >= 0.6 is 0 Å². The number of likely N-dealkylation sites (N-methyl/N-ethyl adjacent to an activating group) is 1. The Morgan fingerprint density at radius 3 is 3.10 bits per heavy atom. The number of hydrogen-bond acceptors (Lipinski definition) is 3. The molecule has 2 heterocycles. The molecule has 3 nitrogen and oxygen atoms in total. The fraction of sp³-hybridized carbons (Fsp3) is 0.625. The molecule has 0 spiro atoms. The van der Waals surface area contributed by atoms with Crippen molar-refractivity contribution in [2.45, 2.75) is 38.0 Å². The lowest BCUT2D eigenvalue weighted by Gasteiger charge is -2.39. The molecule has 3 rings (SSSR count). The van der Waals surface area contributed by atoms with Crippen LogP contribution in [0.2, 0.25) is 0 Å². The standard InChI is InChI=1S/C16H22F2N2O/c1-2-19-16(12-6-3-7-13(17)15(12)18)14-9-20-8-4-5-11(20)10-21-14/h3,6-7,11,14,16,19H,2,4-5,8-10H2,1H3. The number of morpholine rings is 1. The number of nitrogens with one attached hydrogen (secondary N) is 1. The van der Waals surface area contributed by atoms with Gasteiger partial charge in [-0.25, -0.2) is 8.78 Å². The minimum Gasteiger partial charge on any atom is -0.373 e. The minimum atomic E-state index is -0.801. The molecule has 0 amide bonds. The van der Waals surface area contributed by atoms with E-state index in [1.54, 1.807) is 12.1 Å². The topological polar surface area (TPSA) is 24.5 Å². The summed E-state index contributed by atoms with van der Waals surface area (Å²) in [7, 11) is 0. The molecule has 2 fully saturated rings. The third-order valence-corrected chi connectivity index (χ3v) is 4.53. The van der Waals surface area contributed by atoms with Gasteiger partial charge in [-0.3, -0.25) is 4.90 Å². The quantitative estimate of drug-likeness (QED) is 0.924. The van der Waals surface area contributed by atoms with Crippen molar-refractivity contribution in [3.05, 3.63) is 35.4 Å². The van der Waals surface area contributed by atoms with Gasteiger partial charge in [0.15, 0.2) is 11.6 Å². The molecule has 0 aromatic heterocycles. The molecule has 1 aromatic carbocycles. The zero-order valence-electron chi connectivity index (χ0n) is 12.3. The SMILES string of the molecule is CCNC(c1cccc(F)c1F)C1CN2CCCC2CO1. The van der Waals surface area contributed by atoms with Gasteiger partial charge in [0, 0.05) is 18.2 Å². The maximum Gasteiger partial charge on any atom is 0.163 e. The lowest BCUT2D eigenvalue weighted by molar-refractivity contribution is -0.0655. The van der Waals surface area contributed by atoms with E-state index >= 15 is 0 Å². The molecule has 21 heavy (non-hydrogen) atoms. The van der Waals surface area contributed by atoms with Gasteiger partial charge >= 0.3 is 0 Å². The summed E-state index contributed by atoms with van der Waals surface area (Å²) in [6, 6.07) is 4.54. The van der Waals surface area contributed by atoms with Crippen molar-refractivity contribution in [2.75, 3.05) is 26.2 Å². The highest BCUT2D eigenvalue weighted by Crippen LogP contribution is 2.30. The largest absolute Gasteiger partial charge is 0.373 e. The van der Waals surface area contributed by atoms with Crippen LogP contribution in [0.5, 0.6) is 0 Å². The Morgan fingerprint density at radius 2 is 2.29 bits per heavy atom. The van der Waals surface area contributed by atoms with Gasteiger partial charge in [-0.1, -0.05) is 19.1 Å². The summed E-state index contributed by atoms with van der Waals surface area (Å²) in [4.78, 5) is 2.41. The van der Waals surface area contributed by atoms with E-state index < -0.39 is 11.6 Å². The van der Waals surface area contributed by atoms with E-state index in [9.17, 15) is 8.78 Å². The Balaban J connectivity index is 1.82. The highest BCUT2D eigenvalue weighted by atomic mass is 19.2. The third-order valence-electron chi connectivity index (χ3n) is 4.53. The van der Waals surface area contributed by atoms with Crippen LogP contribution in [-0.2, 0) is 4.74 Å². The van der Waals surface area contributed by atoms with Crippen LogP contribution in [0, 0.1) is 11.6 Å². The summed E-state index contributed by atoms with van der Waals surface area (Å²) in [5, 5.41) is 3.26. The van der Waals surface area contributed by atoms with E-state index in [4.69, 9.17) is 4.74 Å².